The lowest BCUT2D eigenvalue weighted by Crippen LogP contribution is -2.54. The van der Waals surface area contributed by atoms with E-state index >= 15 is 0 Å². The molecule has 0 fully saturated rings. The minimum absolute atomic E-state index is 0.0174. The van der Waals surface area contributed by atoms with Crippen LogP contribution in [-0.4, -0.2) is 68.7 Å². The molecule has 1 unspecified atom stereocenters. The van der Waals surface area contributed by atoms with Crippen molar-refractivity contribution in [3.8, 4) is 5.75 Å². The maximum absolute atomic E-state index is 13.8. The van der Waals surface area contributed by atoms with Gasteiger partial charge in [-0.15, -0.1) is 11.8 Å². The highest BCUT2D eigenvalue weighted by atomic mass is 32.2. The molecule has 2 aromatic rings. The molecule has 2 aromatic carbocycles. The molecule has 0 bridgehead atoms. The lowest BCUT2D eigenvalue weighted by atomic mass is 9.99. The van der Waals surface area contributed by atoms with Gasteiger partial charge in [0.05, 0.1) is 11.9 Å². The predicted octanol–water partition coefficient (Wildman–Crippen LogP) is 3.69. The first kappa shape index (κ1) is 31.2. The fourth-order valence-corrected chi connectivity index (χ4v) is 5.11. The summed E-state index contributed by atoms with van der Waals surface area (Å²) in [6.07, 6.45) is 5.19. The number of hydrogen-bond donors (Lipinski definition) is 4. The van der Waals surface area contributed by atoms with Gasteiger partial charge in [0.1, 0.15) is 6.54 Å². The van der Waals surface area contributed by atoms with Gasteiger partial charge in [-0.1, -0.05) is 56.3 Å². The van der Waals surface area contributed by atoms with Crippen molar-refractivity contribution >= 4 is 29.5 Å². The number of benzene rings is 2. The predicted molar refractivity (Wildman–Crippen MR) is 154 cm³/mol. The average molecular weight is 572 g/mol. The average Bonchev–Trinajstić information content (AvgIpc) is 2.93. The highest BCUT2D eigenvalue weighted by Crippen LogP contribution is 2.24. The highest BCUT2D eigenvalue weighted by Gasteiger charge is 2.33. The number of aliphatic hydroxyl groups is 1. The van der Waals surface area contributed by atoms with Gasteiger partial charge in [-0.25, -0.2) is 4.39 Å². The number of carbonyl (C=O) groups is 3. The van der Waals surface area contributed by atoms with Crippen molar-refractivity contribution < 1.29 is 29.0 Å². The van der Waals surface area contributed by atoms with E-state index in [1.165, 1.54) is 29.7 Å². The van der Waals surface area contributed by atoms with E-state index in [9.17, 15) is 29.0 Å². The Morgan fingerprint density at radius 3 is 2.52 bits per heavy atom. The zero-order chi connectivity index (χ0) is 29.2. The van der Waals surface area contributed by atoms with Crippen molar-refractivity contribution in [2.45, 2.75) is 69.9 Å². The number of hydrogen-bond acceptors (Lipinski definition) is 6. The summed E-state index contributed by atoms with van der Waals surface area (Å²) in [5.41, 5.74) is 0.826. The summed E-state index contributed by atoms with van der Waals surface area (Å²) in [7, 11) is 0. The Kier molecular flexibility index (Phi) is 11.6. The maximum atomic E-state index is 13.8. The first-order valence-electron chi connectivity index (χ1n) is 13.4. The Labute approximate surface area is 239 Å². The molecule has 8 nitrogen and oxygen atoms in total. The number of thioether (sulfide) groups is 1. The summed E-state index contributed by atoms with van der Waals surface area (Å²) >= 11 is 1.45. The van der Waals surface area contributed by atoms with Crippen molar-refractivity contribution in [1.29, 1.82) is 0 Å². The third-order valence-corrected chi connectivity index (χ3v) is 7.81. The fraction of sp³-hybridized carbons (Fsp3) is 0.433. The molecule has 0 radical (unpaired) electrons. The number of rotatable bonds is 12. The van der Waals surface area contributed by atoms with E-state index in [1.54, 1.807) is 12.1 Å². The van der Waals surface area contributed by atoms with Crippen molar-refractivity contribution in [2.75, 3.05) is 12.4 Å². The summed E-state index contributed by atoms with van der Waals surface area (Å²) in [6.45, 7) is 5.11. The van der Waals surface area contributed by atoms with E-state index in [0.29, 0.717) is 0 Å². The van der Waals surface area contributed by atoms with E-state index in [-0.39, 0.29) is 47.2 Å². The summed E-state index contributed by atoms with van der Waals surface area (Å²) in [5.74, 6) is -3.02. The summed E-state index contributed by atoms with van der Waals surface area (Å²) < 4.78 is 13.8. The van der Waals surface area contributed by atoms with Crippen LogP contribution in [0.2, 0.25) is 0 Å². The van der Waals surface area contributed by atoms with Gasteiger partial charge in [-0.3, -0.25) is 14.4 Å². The van der Waals surface area contributed by atoms with Crippen LogP contribution in [-0.2, 0) is 16.0 Å². The number of phenols is 1. The Hall–Kier alpha value is -3.37. The van der Waals surface area contributed by atoms with E-state index in [1.807, 2.05) is 44.2 Å². The first-order chi connectivity index (χ1) is 19.1. The van der Waals surface area contributed by atoms with Gasteiger partial charge in [-0.05, 0) is 50.3 Å². The van der Waals surface area contributed by atoms with Crippen LogP contribution in [0.1, 0.15) is 54.6 Å². The number of halogens is 1. The van der Waals surface area contributed by atoms with Gasteiger partial charge in [0, 0.05) is 22.4 Å². The van der Waals surface area contributed by atoms with Crippen LogP contribution in [0.15, 0.2) is 54.6 Å². The van der Waals surface area contributed by atoms with E-state index in [0.717, 1.165) is 30.9 Å². The molecule has 3 rings (SSSR count). The maximum Gasteiger partial charge on any atom is 0.254 e. The molecule has 4 N–H and O–H groups in total. The monoisotopic (exact) mass is 571 g/mol. The molecular formula is C30H38FN3O5S. The molecule has 40 heavy (non-hydrogen) atoms. The molecule has 0 saturated heterocycles. The smallest absolute Gasteiger partial charge is 0.254 e. The Morgan fingerprint density at radius 2 is 1.88 bits per heavy atom. The number of allylic oxidation sites excluding steroid dienone is 1. The molecule has 1 aliphatic carbocycles. The van der Waals surface area contributed by atoms with Crippen LogP contribution in [0, 0.1) is 12.7 Å². The van der Waals surface area contributed by atoms with Crippen molar-refractivity contribution in [2.24, 2.45) is 0 Å². The normalized spacial score (nSPS) is 16.3. The van der Waals surface area contributed by atoms with Gasteiger partial charge in [0.2, 0.25) is 5.91 Å². The number of carbonyl (C=O) groups excluding carboxylic acids is 3. The Balaban J connectivity index is 1.82. The van der Waals surface area contributed by atoms with Gasteiger partial charge in [-0.2, -0.15) is 0 Å². The van der Waals surface area contributed by atoms with Crippen LogP contribution in [0.3, 0.4) is 0 Å². The number of amides is 3. The zero-order valence-corrected chi connectivity index (χ0v) is 23.9. The number of aromatic hydroxyl groups is 1. The van der Waals surface area contributed by atoms with Crippen LogP contribution in [0.5, 0.6) is 5.75 Å². The van der Waals surface area contributed by atoms with Crippen LogP contribution < -0.4 is 10.6 Å². The minimum Gasteiger partial charge on any atom is -0.505 e. The second-order valence-electron chi connectivity index (χ2n) is 10.2. The summed E-state index contributed by atoms with van der Waals surface area (Å²) in [4.78, 5) is 41.0. The molecule has 10 heteroatoms. The molecule has 0 aliphatic heterocycles. The molecular weight excluding hydrogens is 533 g/mol. The molecule has 216 valence electrons. The Morgan fingerprint density at radius 1 is 1.15 bits per heavy atom. The topological polar surface area (TPSA) is 119 Å². The second kappa shape index (κ2) is 14.9. The number of aliphatic hydroxyl groups excluding tert-OH is 1. The SMILES string of the molecule is Cc1c(C(=O)N[C@@H](Cc2ccccc2)[C@H](O)C(=O)N(CSC(C)C)CC(=O)NC2C=CCCC2)ccc(F)c1O. The van der Waals surface area contributed by atoms with E-state index in [2.05, 4.69) is 10.6 Å². The molecule has 0 spiro atoms. The van der Waals surface area contributed by atoms with Crippen molar-refractivity contribution in [1.82, 2.24) is 15.5 Å². The molecule has 3 amide bonds. The third-order valence-electron chi connectivity index (χ3n) is 6.69. The lowest BCUT2D eigenvalue weighted by molar-refractivity contribution is -0.143. The van der Waals surface area contributed by atoms with Crippen molar-refractivity contribution in [3.63, 3.8) is 0 Å². The van der Waals surface area contributed by atoms with Crippen LogP contribution in [0.25, 0.3) is 0 Å². The Bertz CT molecular complexity index is 1210. The first-order valence-corrected chi connectivity index (χ1v) is 14.5. The quantitative estimate of drug-likeness (QED) is 0.228. The van der Waals surface area contributed by atoms with Gasteiger partial charge in [0.25, 0.3) is 11.8 Å². The lowest BCUT2D eigenvalue weighted by Gasteiger charge is -2.30. The van der Waals surface area contributed by atoms with E-state index in [4.69, 9.17) is 0 Å². The molecule has 0 saturated carbocycles. The number of nitrogens with one attached hydrogen (secondary N) is 2. The molecule has 0 heterocycles. The van der Waals surface area contributed by atoms with Gasteiger partial charge < -0.3 is 25.7 Å². The standard InChI is InChI=1S/C30H38FN3O5S/c1-19(2)40-18-34(17-26(35)32-22-12-8-5-9-13-22)30(39)28(37)25(16-21-10-6-4-7-11-21)33-29(38)23-14-15-24(31)27(36)20(23)3/h4,6-8,10-12,14-15,19,22,25,28,36-37H,5,9,13,16-18H2,1-3H3,(H,32,35)(H,33,38)/t22?,25-,28-/m0/s1. The van der Waals surface area contributed by atoms with Gasteiger partial charge >= 0.3 is 0 Å². The van der Waals surface area contributed by atoms with Crippen LogP contribution >= 0.6 is 11.8 Å². The fourth-order valence-electron chi connectivity index (χ4n) is 4.41. The number of nitrogens with zero attached hydrogens (tertiary/aromatic N) is 1. The number of phenolic OH excluding ortho intramolecular Hbond substituents is 1. The minimum atomic E-state index is -1.67. The highest BCUT2D eigenvalue weighted by molar-refractivity contribution is 7.99. The van der Waals surface area contributed by atoms with Crippen LogP contribution in [0.4, 0.5) is 4.39 Å². The molecule has 1 aliphatic rings. The zero-order valence-electron chi connectivity index (χ0n) is 23.1. The summed E-state index contributed by atoms with van der Waals surface area (Å²) in [6, 6.07) is 10.1. The largest absolute Gasteiger partial charge is 0.505 e. The van der Waals surface area contributed by atoms with E-state index < -0.39 is 35.5 Å². The molecule has 3 atom stereocenters. The second-order valence-corrected chi connectivity index (χ2v) is 11.7. The third kappa shape index (κ3) is 8.82. The van der Waals surface area contributed by atoms with Crippen molar-refractivity contribution in [3.05, 3.63) is 77.1 Å². The van der Waals surface area contributed by atoms with Gasteiger partial charge in [0.15, 0.2) is 17.7 Å². The summed E-state index contributed by atoms with van der Waals surface area (Å²) in [5, 5.41) is 27.1. The molecule has 0 aromatic heterocycles.